The first-order valence-electron chi connectivity index (χ1n) is 13.6. The number of hydrogen-bond donors (Lipinski definition) is 2. The van der Waals surface area contributed by atoms with Crippen LogP contribution in [-0.2, 0) is 9.59 Å². The topological polar surface area (TPSA) is 99.1 Å². The highest BCUT2D eigenvalue weighted by Crippen LogP contribution is 2.46. The van der Waals surface area contributed by atoms with Gasteiger partial charge in [-0.3, -0.25) is 19.4 Å². The molecule has 0 radical (unpaired) electrons. The van der Waals surface area contributed by atoms with E-state index < -0.39 is 11.6 Å². The van der Waals surface area contributed by atoms with Crippen molar-refractivity contribution < 1.29 is 19.5 Å². The molecule has 4 rings (SSSR count). The van der Waals surface area contributed by atoms with Gasteiger partial charge in [0.05, 0.1) is 12.5 Å². The van der Waals surface area contributed by atoms with E-state index in [0.29, 0.717) is 32.8 Å². The Balaban J connectivity index is 1.69. The van der Waals surface area contributed by atoms with Crippen LogP contribution in [0.5, 0.6) is 0 Å². The van der Waals surface area contributed by atoms with E-state index in [4.69, 9.17) is 33.3 Å². The molecule has 0 bridgehead atoms. The number of amides is 2. The minimum absolute atomic E-state index is 0.0609. The van der Waals surface area contributed by atoms with Gasteiger partial charge in [0.15, 0.2) is 0 Å². The maximum Gasteiger partial charge on any atom is 0.305 e. The second kappa shape index (κ2) is 12.5. The van der Waals surface area contributed by atoms with Crippen LogP contribution < -0.4 is 5.32 Å². The molecule has 39 heavy (non-hydrogen) atoms. The van der Waals surface area contributed by atoms with Gasteiger partial charge in [0, 0.05) is 27.7 Å². The van der Waals surface area contributed by atoms with Gasteiger partial charge in [0.25, 0.3) is 11.8 Å². The summed E-state index contributed by atoms with van der Waals surface area (Å²) in [5.41, 5.74) is 1.77. The number of rotatable bonds is 10. The fourth-order valence-electron chi connectivity index (χ4n) is 5.57. The quantitative estimate of drug-likeness (QED) is 0.332. The Morgan fingerprint density at radius 2 is 1.67 bits per heavy atom. The summed E-state index contributed by atoms with van der Waals surface area (Å²) in [6.45, 7) is 4.39. The van der Waals surface area contributed by atoms with Gasteiger partial charge in [-0.05, 0) is 80.3 Å². The van der Waals surface area contributed by atoms with Crippen molar-refractivity contribution in [2.45, 2.75) is 76.9 Å². The zero-order valence-corrected chi connectivity index (χ0v) is 23.9. The number of nitrogens with one attached hydrogen (secondary N) is 1. The van der Waals surface area contributed by atoms with Gasteiger partial charge in [-0.2, -0.15) is 0 Å². The van der Waals surface area contributed by atoms with E-state index in [9.17, 15) is 14.4 Å². The number of hydrogen-bond acceptors (Lipinski definition) is 4. The van der Waals surface area contributed by atoms with Crippen LogP contribution in [0, 0.1) is 5.92 Å². The zero-order chi connectivity index (χ0) is 28.2. The van der Waals surface area contributed by atoms with Gasteiger partial charge < -0.3 is 15.3 Å². The maximum atomic E-state index is 14.2. The molecule has 2 amide bonds. The molecule has 1 saturated carbocycles. The number of aliphatic imine (C=N–C) groups is 1. The third-order valence-electron chi connectivity index (χ3n) is 7.49. The number of carboxylic acid groups (broad SMARTS) is 1. The lowest BCUT2D eigenvalue weighted by molar-refractivity contribution is -0.137. The minimum atomic E-state index is -0.966. The smallest absolute Gasteiger partial charge is 0.305 e. The molecule has 1 fully saturated rings. The van der Waals surface area contributed by atoms with Crippen LogP contribution in [0.3, 0.4) is 0 Å². The lowest BCUT2D eigenvalue weighted by Gasteiger charge is -2.44. The molecule has 1 aliphatic carbocycles. The molecule has 2 aromatic rings. The first-order valence-corrected chi connectivity index (χ1v) is 14.4. The predicted octanol–water partition coefficient (Wildman–Crippen LogP) is 6.67. The summed E-state index contributed by atoms with van der Waals surface area (Å²) < 4.78 is 0. The molecule has 2 aliphatic rings. The van der Waals surface area contributed by atoms with E-state index in [1.54, 1.807) is 30.3 Å². The molecule has 0 saturated heterocycles. The third kappa shape index (κ3) is 6.82. The Kier molecular flexibility index (Phi) is 9.34. The molecule has 1 heterocycles. The summed E-state index contributed by atoms with van der Waals surface area (Å²) in [7, 11) is 0. The molecular weight excluding hydrogens is 537 g/mol. The Labute approximate surface area is 239 Å². The molecule has 1 aliphatic heterocycles. The van der Waals surface area contributed by atoms with Crippen LogP contribution >= 0.6 is 23.2 Å². The average Bonchev–Trinajstić information content (AvgIpc) is 3.15. The van der Waals surface area contributed by atoms with Crippen molar-refractivity contribution in [1.82, 2.24) is 10.2 Å². The molecule has 1 spiro atoms. The van der Waals surface area contributed by atoms with Gasteiger partial charge >= 0.3 is 5.97 Å². The molecule has 1 atom stereocenters. The standard InChI is InChI=1S/C30H35Cl2N3O4/c1-19(2)6-11-25(20-7-9-21(10-8-20)28(38)33-15-12-26(36)37)35-29(39)27(22-16-23(31)18-24(32)17-22)34-30(35)13-4-3-5-14-30/h7-10,16-19,25H,3-6,11-15H2,1-2H3,(H,33,38)(H,36,37). The summed E-state index contributed by atoms with van der Waals surface area (Å²) in [6.07, 6.45) is 6.21. The molecule has 9 heteroatoms. The Bertz CT molecular complexity index is 1230. The fraction of sp³-hybridized carbons (Fsp3) is 0.467. The zero-order valence-electron chi connectivity index (χ0n) is 22.4. The lowest BCUT2D eigenvalue weighted by atomic mass is 9.85. The maximum absolute atomic E-state index is 14.2. The first-order chi connectivity index (χ1) is 18.6. The Hall–Kier alpha value is -2.90. The van der Waals surface area contributed by atoms with Crippen molar-refractivity contribution in [3.63, 3.8) is 0 Å². The lowest BCUT2D eigenvalue weighted by Crippen LogP contribution is -2.50. The highest BCUT2D eigenvalue weighted by Gasteiger charge is 2.50. The van der Waals surface area contributed by atoms with Crippen LogP contribution in [0.4, 0.5) is 0 Å². The average molecular weight is 573 g/mol. The summed E-state index contributed by atoms with van der Waals surface area (Å²) >= 11 is 12.6. The van der Waals surface area contributed by atoms with E-state index in [0.717, 1.165) is 50.5 Å². The van der Waals surface area contributed by atoms with Crippen LogP contribution in [0.25, 0.3) is 0 Å². The molecule has 0 aromatic heterocycles. The molecule has 2 aromatic carbocycles. The van der Waals surface area contributed by atoms with Crippen LogP contribution in [0.1, 0.15) is 92.7 Å². The molecule has 208 valence electrons. The largest absolute Gasteiger partial charge is 0.481 e. The monoisotopic (exact) mass is 571 g/mol. The number of halogens is 2. The second-order valence-electron chi connectivity index (χ2n) is 10.8. The van der Waals surface area contributed by atoms with Crippen LogP contribution in [0.2, 0.25) is 10.0 Å². The first kappa shape index (κ1) is 29.1. The number of carbonyl (C=O) groups excluding carboxylic acids is 2. The SMILES string of the molecule is CC(C)CCC(c1ccc(C(=O)NCCC(=O)O)cc1)N1C(=O)C(c2cc(Cl)cc(Cl)c2)=NC12CCCCC2. The van der Waals surface area contributed by atoms with Gasteiger partial charge in [0.2, 0.25) is 0 Å². The molecule has 7 nitrogen and oxygen atoms in total. The summed E-state index contributed by atoms with van der Waals surface area (Å²) in [6, 6.07) is 12.2. The predicted molar refractivity (Wildman–Crippen MR) is 154 cm³/mol. The van der Waals surface area contributed by atoms with Crippen LogP contribution in [-0.4, -0.2) is 45.7 Å². The van der Waals surface area contributed by atoms with Crippen molar-refractivity contribution in [1.29, 1.82) is 0 Å². The number of nitrogens with zero attached hydrogens (tertiary/aromatic N) is 2. The van der Waals surface area contributed by atoms with Gasteiger partial charge in [0.1, 0.15) is 11.4 Å². The highest BCUT2D eigenvalue weighted by molar-refractivity contribution is 6.47. The number of benzene rings is 2. The number of carboxylic acids is 1. The van der Waals surface area contributed by atoms with E-state index in [2.05, 4.69) is 19.2 Å². The Morgan fingerprint density at radius 3 is 2.26 bits per heavy atom. The molecular formula is C30H35Cl2N3O4. The Morgan fingerprint density at radius 1 is 1.03 bits per heavy atom. The minimum Gasteiger partial charge on any atom is -0.481 e. The second-order valence-corrected chi connectivity index (χ2v) is 11.7. The molecule has 1 unspecified atom stereocenters. The highest BCUT2D eigenvalue weighted by atomic mass is 35.5. The molecule has 2 N–H and O–H groups in total. The fourth-order valence-corrected chi connectivity index (χ4v) is 6.10. The van der Waals surface area contributed by atoms with Crippen molar-refractivity contribution in [3.8, 4) is 0 Å². The number of carbonyl (C=O) groups is 3. The van der Waals surface area contributed by atoms with Crippen molar-refractivity contribution in [2.24, 2.45) is 10.9 Å². The number of aliphatic carboxylic acids is 1. The van der Waals surface area contributed by atoms with Crippen LogP contribution in [0.15, 0.2) is 47.5 Å². The van der Waals surface area contributed by atoms with E-state index in [-0.39, 0.29) is 30.8 Å². The van der Waals surface area contributed by atoms with Crippen molar-refractivity contribution in [3.05, 3.63) is 69.2 Å². The van der Waals surface area contributed by atoms with Gasteiger partial charge in [-0.1, -0.05) is 55.6 Å². The summed E-state index contributed by atoms with van der Waals surface area (Å²) in [5, 5.41) is 12.4. The van der Waals surface area contributed by atoms with Gasteiger partial charge in [-0.25, -0.2) is 0 Å². The normalized spacial score (nSPS) is 17.4. The van der Waals surface area contributed by atoms with Crippen molar-refractivity contribution in [2.75, 3.05) is 6.54 Å². The van der Waals surface area contributed by atoms with Gasteiger partial charge in [-0.15, -0.1) is 0 Å². The van der Waals surface area contributed by atoms with E-state index >= 15 is 0 Å². The third-order valence-corrected chi connectivity index (χ3v) is 7.93. The van der Waals surface area contributed by atoms with E-state index in [1.807, 2.05) is 17.0 Å². The summed E-state index contributed by atoms with van der Waals surface area (Å²) in [4.78, 5) is 44.6. The summed E-state index contributed by atoms with van der Waals surface area (Å²) in [5.74, 6) is -0.975. The van der Waals surface area contributed by atoms with E-state index in [1.165, 1.54) is 0 Å². The van der Waals surface area contributed by atoms with Crippen molar-refractivity contribution >= 4 is 46.7 Å².